The van der Waals surface area contributed by atoms with E-state index in [0.29, 0.717) is 0 Å². The average molecular weight is 430 g/mol. The summed E-state index contributed by atoms with van der Waals surface area (Å²) in [5, 5.41) is 0. The van der Waals surface area contributed by atoms with E-state index in [2.05, 4.69) is 46.3 Å². The van der Waals surface area contributed by atoms with Gasteiger partial charge in [0.1, 0.15) is 5.75 Å². The number of hydrogen-bond donors (Lipinski definition) is 0. The molecular weight excluding hydrogens is 398 g/mol. The first-order valence-corrected chi connectivity index (χ1v) is 11.1. The first kappa shape index (κ1) is 22.0. The normalized spacial score (nSPS) is 18.5. The van der Waals surface area contributed by atoms with Crippen molar-refractivity contribution in [2.45, 2.75) is 19.4 Å². The Morgan fingerprint density at radius 1 is 1.09 bits per heavy atom. The zero-order valence-electron chi connectivity index (χ0n) is 19.1. The number of rotatable bonds is 7. The molecule has 32 heavy (non-hydrogen) atoms. The second-order valence-electron chi connectivity index (χ2n) is 8.87. The molecule has 2 aromatic carbocycles. The van der Waals surface area contributed by atoms with Crippen molar-refractivity contribution in [3.8, 4) is 16.9 Å². The molecule has 0 bridgehead atoms. The van der Waals surface area contributed by atoms with E-state index in [1.165, 1.54) is 5.56 Å². The zero-order chi connectivity index (χ0) is 22.6. The van der Waals surface area contributed by atoms with Crippen LogP contribution in [-0.2, 0) is 17.8 Å². The summed E-state index contributed by atoms with van der Waals surface area (Å²) in [7, 11) is 5.43. The van der Waals surface area contributed by atoms with Crippen molar-refractivity contribution in [1.82, 2.24) is 14.8 Å². The van der Waals surface area contributed by atoms with Crippen LogP contribution in [0.5, 0.6) is 5.75 Å². The number of hydrogen-bond acceptors (Lipinski definition) is 4. The molecule has 0 spiro atoms. The maximum Gasteiger partial charge on any atom is 0.229 e. The lowest BCUT2D eigenvalue weighted by atomic mass is 9.79. The lowest BCUT2D eigenvalue weighted by Gasteiger charge is -2.31. The van der Waals surface area contributed by atoms with Gasteiger partial charge >= 0.3 is 0 Å². The number of benzene rings is 2. The van der Waals surface area contributed by atoms with Crippen LogP contribution >= 0.6 is 0 Å². The third-order valence-corrected chi connectivity index (χ3v) is 6.34. The van der Waals surface area contributed by atoms with Gasteiger partial charge in [-0.1, -0.05) is 48.5 Å². The van der Waals surface area contributed by atoms with Gasteiger partial charge in [-0.3, -0.25) is 14.7 Å². The van der Waals surface area contributed by atoms with E-state index in [4.69, 9.17) is 4.74 Å². The van der Waals surface area contributed by atoms with E-state index in [1.807, 2.05) is 44.6 Å². The van der Waals surface area contributed by atoms with Crippen LogP contribution in [0.1, 0.15) is 17.5 Å². The van der Waals surface area contributed by atoms with Crippen LogP contribution in [0.25, 0.3) is 11.1 Å². The van der Waals surface area contributed by atoms with Crippen molar-refractivity contribution in [2.24, 2.45) is 5.41 Å². The van der Waals surface area contributed by atoms with Crippen LogP contribution in [0.3, 0.4) is 0 Å². The van der Waals surface area contributed by atoms with Crippen LogP contribution in [0.2, 0.25) is 0 Å². The van der Waals surface area contributed by atoms with Crippen LogP contribution < -0.4 is 4.74 Å². The Kier molecular flexibility index (Phi) is 6.56. The van der Waals surface area contributed by atoms with E-state index in [-0.39, 0.29) is 5.91 Å². The second-order valence-corrected chi connectivity index (χ2v) is 8.87. The van der Waals surface area contributed by atoms with Gasteiger partial charge in [-0.15, -0.1) is 0 Å². The maximum atomic E-state index is 13.4. The summed E-state index contributed by atoms with van der Waals surface area (Å²) in [5.74, 6) is 1.10. The van der Waals surface area contributed by atoms with Gasteiger partial charge in [0.2, 0.25) is 5.91 Å². The summed E-state index contributed by atoms with van der Waals surface area (Å²) >= 11 is 0. The fraction of sp³-hybridized carbons (Fsp3) is 0.333. The summed E-state index contributed by atoms with van der Waals surface area (Å²) < 4.78 is 5.54. The molecule has 1 fully saturated rings. The predicted octanol–water partition coefficient (Wildman–Crippen LogP) is 4.28. The van der Waals surface area contributed by atoms with E-state index < -0.39 is 5.41 Å². The molecule has 166 valence electrons. The van der Waals surface area contributed by atoms with Gasteiger partial charge in [-0.05, 0) is 48.2 Å². The fourth-order valence-electron chi connectivity index (χ4n) is 4.82. The Labute approximate surface area is 190 Å². The highest BCUT2D eigenvalue weighted by Gasteiger charge is 2.45. The van der Waals surface area contributed by atoms with Crippen LogP contribution in [0.15, 0.2) is 73.1 Å². The standard InChI is InChI=1S/C27H31N3O2/c1-29(2)26(31)27(13-15-30(20-27)19-24-9-4-5-12-25(24)32-3)17-21-8-6-10-22(16-21)23-11-7-14-28-18-23/h4-12,14,16,18H,13,15,17,19-20H2,1-3H3/t27-/m0/s1. The summed E-state index contributed by atoms with van der Waals surface area (Å²) in [4.78, 5) is 21.8. The molecule has 0 radical (unpaired) electrons. The molecule has 5 heteroatoms. The monoisotopic (exact) mass is 429 g/mol. The van der Waals surface area contributed by atoms with Gasteiger partial charge < -0.3 is 9.64 Å². The summed E-state index contributed by atoms with van der Waals surface area (Å²) in [5.41, 5.74) is 4.12. The van der Waals surface area contributed by atoms with Crippen LogP contribution in [0, 0.1) is 5.41 Å². The number of carbonyl (C=O) groups is 1. The minimum Gasteiger partial charge on any atom is -0.496 e. The van der Waals surface area contributed by atoms with Crippen molar-refractivity contribution >= 4 is 5.91 Å². The number of ether oxygens (including phenoxy) is 1. The zero-order valence-corrected chi connectivity index (χ0v) is 19.1. The van der Waals surface area contributed by atoms with Crippen molar-refractivity contribution < 1.29 is 9.53 Å². The highest BCUT2D eigenvalue weighted by molar-refractivity contribution is 5.83. The molecule has 0 unspecified atom stereocenters. The smallest absolute Gasteiger partial charge is 0.229 e. The topological polar surface area (TPSA) is 45.7 Å². The van der Waals surface area contributed by atoms with E-state index in [9.17, 15) is 4.79 Å². The molecule has 0 N–H and O–H groups in total. The number of carbonyl (C=O) groups excluding carboxylic acids is 1. The number of pyridine rings is 1. The number of likely N-dealkylation sites (tertiary alicyclic amines) is 1. The molecule has 1 aliphatic heterocycles. The average Bonchev–Trinajstić information content (AvgIpc) is 3.23. The molecule has 1 atom stereocenters. The molecule has 5 nitrogen and oxygen atoms in total. The van der Waals surface area contributed by atoms with Gasteiger partial charge in [-0.2, -0.15) is 0 Å². The lowest BCUT2D eigenvalue weighted by Crippen LogP contribution is -2.43. The van der Waals surface area contributed by atoms with E-state index in [0.717, 1.165) is 54.9 Å². The van der Waals surface area contributed by atoms with Crippen molar-refractivity contribution in [2.75, 3.05) is 34.3 Å². The first-order chi connectivity index (χ1) is 15.5. The maximum absolute atomic E-state index is 13.4. The fourth-order valence-corrected chi connectivity index (χ4v) is 4.82. The quantitative estimate of drug-likeness (QED) is 0.562. The van der Waals surface area contributed by atoms with Crippen molar-refractivity contribution in [3.05, 3.63) is 84.2 Å². The van der Waals surface area contributed by atoms with Gasteiger partial charge in [0.15, 0.2) is 0 Å². The van der Waals surface area contributed by atoms with Gasteiger partial charge in [-0.25, -0.2) is 0 Å². The van der Waals surface area contributed by atoms with Crippen LogP contribution in [-0.4, -0.2) is 55.0 Å². The number of amides is 1. The minimum absolute atomic E-state index is 0.201. The molecular formula is C27H31N3O2. The number of para-hydroxylation sites is 1. The molecule has 2 heterocycles. The van der Waals surface area contributed by atoms with Gasteiger partial charge in [0, 0.05) is 45.1 Å². The van der Waals surface area contributed by atoms with Crippen molar-refractivity contribution in [3.63, 3.8) is 0 Å². The SMILES string of the molecule is COc1ccccc1CN1CC[C@@](Cc2cccc(-c3cccnc3)c2)(C(=O)N(C)C)C1. The predicted molar refractivity (Wildman–Crippen MR) is 127 cm³/mol. The summed E-state index contributed by atoms with van der Waals surface area (Å²) in [6.45, 7) is 2.40. The Morgan fingerprint density at radius 2 is 1.91 bits per heavy atom. The molecule has 1 aromatic heterocycles. The van der Waals surface area contributed by atoms with E-state index >= 15 is 0 Å². The van der Waals surface area contributed by atoms with Crippen LogP contribution in [0.4, 0.5) is 0 Å². The molecule has 1 amide bonds. The molecule has 4 rings (SSSR count). The summed E-state index contributed by atoms with van der Waals surface area (Å²) in [6.07, 6.45) is 5.23. The Hall–Kier alpha value is -3.18. The first-order valence-electron chi connectivity index (χ1n) is 11.1. The molecule has 0 aliphatic carbocycles. The van der Waals surface area contributed by atoms with Crippen molar-refractivity contribution in [1.29, 1.82) is 0 Å². The molecule has 1 aliphatic rings. The third-order valence-electron chi connectivity index (χ3n) is 6.34. The number of methoxy groups -OCH3 is 1. The number of aromatic nitrogens is 1. The largest absolute Gasteiger partial charge is 0.496 e. The summed E-state index contributed by atoms with van der Waals surface area (Å²) in [6, 6.07) is 20.6. The molecule has 1 saturated heterocycles. The number of nitrogens with zero attached hydrogens (tertiary/aromatic N) is 3. The van der Waals surface area contributed by atoms with Gasteiger partial charge in [0.25, 0.3) is 0 Å². The Balaban J connectivity index is 1.58. The third kappa shape index (κ3) is 4.68. The highest BCUT2D eigenvalue weighted by Crippen LogP contribution is 2.38. The van der Waals surface area contributed by atoms with Gasteiger partial charge in [0.05, 0.1) is 12.5 Å². The second kappa shape index (κ2) is 9.53. The Bertz CT molecular complexity index is 1070. The Morgan fingerprint density at radius 3 is 2.66 bits per heavy atom. The molecule has 0 saturated carbocycles. The highest BCUT2D eigenvalue weighted by atomic mass is 16.5. The van der Waals surface area contributed by atoms with E-state index in [1.54, 1.807) is 18.2 Å². The minimum atomic E-state index is -0.431. The lowest BCUT2D eigenvalue weighted by molar-refractivity contribution is -0.138. The molecule has 3 aromatic rings.